The van der Waals surface area contributed by atoms with Gasteiger partial charge in [0.1, 0.15) is 5.75 Å². The van der Waals surface area contributed by atoms with Crippen LogP contribution in [0, 0.1) is 0 Å². The molecule has 0 bridgehead atoms. The lowest BCUT2D eigenvalue weighted by atomic mass is 10.2. The van der Waals surface area contributed by atoms with Gasteiger partial charge in [0.15, 0.2) is 6.10 Å². The molecule has 0 aliphatic rings. The SMILES string of the molecule is CCOc1ccc(NC(=O)C(C)OC(=O)c2ccc3nc[nH]c3c2)cc1. The van der Waals surface area contributed by atoms with Crippen molar-refractivity contribution in [2.24, 2.45) is 0 Å². The number of esters is 1. The van der Waals surface area contributed by atoms with Crippen LogP contribution in [-0.2, 0) is 9.53 Å². The van der Waals surface area contributed by atoms with Gasteiger partial charge in [-0.15, -0.1) is 0 Å². The second-order valence-electron chi connectivity index (χ2n) is 5.63. The first-order valence-electron chi connectivity index (χ1n) is 8.24. The molecule has 1 aromatic heterocycles. The molecule has 0 fully saturated rings. The number of rotatable bonds is 6. The van der Waals surface area contributed by atoms with Gasteiger partial charge in [0.05, 0.1) is 29.5 Å². The third-order valence-electron chi connectivity index (χ3n) is 3.74. The van der Waals surface area contributed by atoms with Gasteiger partial charge < -0.3 is 19.8 Å². The maximum absolute atomic E-state index is 12.2. The number of hydrogen-bond acceptors (Lipinski definition) is 5. The quantitative estimate of drug-likeness (QED) is 0.664. The van der Waals surface area contributed by atoms with Gasteiger partial charge in [-0.25, -0.2) is 9.78 Å². The van der Waals surface area contributed by atoms with Gasteiger partial charge in [-0.05, 0) is 56.3 Å². The van der Waals surface area contributed by atoms with E-state index < -0.39 is 18.0 Å². The Morgan fingerprint density at radius 1 is 1.19 bits per heavy atom. The molecule has 7 nitrogen and oxygen atoms in total. The smallest absolute Gasteiger partial charge is 0.338 e. The molecule has 1 unspecified atom stereocenters. The standard InChI is InChI=1S/C19H19N3O4/c1-3-25-15-7-5-14(6-8-15)22-18(23)12(2)26-19(24)13-4-9-16-17(10-13)21-11-20-16/h4-12H,3H2,1-2H3,(H,20,21)(H,22,23). The first-order valence-corrected chi connectivity index (χ1v) is 8.24. The predicted octanol–water partition coefficient (Wildman–Crippen LogP) is 3.15. The van der Waals surface area contributed by atoms with Crippen molar-refractivity contribution in [3.05, 3.63) is 54.4 Å². The molecule has 0 radical (unpaired) electrons. The van der Waals surface area contributed by atoms with Crippen molar-refractivity contribution in [2.45, 2.75) is 20.0 Å². The lowest BCUT2D eigenvalue weighted by molar-refractivity contribution is -0.123. The van der Waals surface area contributed by atoms with Crippen LogP contribution < -0.4 is 10.1 Å². The van der Waals surface area contributed by atoms with E-state index in [1.165, 1.54) is 6.92 Å². The lowest BCUT2D eigenvalue weighted by Gasteiger charge is -2.14. The molecule has 1 amide bonds. The molecule has 0 saturated carbocycles. The number of carbonyl (C=O) groups excluding carboxylic acids is 2. The van der Waals surface area contributed by atoms with Crippen LogP contribution in [0.15, 0.2) is 48.8 Å². The van der Waals surface area contributed by atoms with Crippen molar-refractivity contribution in [1.82, 2.24) is 9.97 Å². The molecule has 0 saturated heterocycles. The Labute approximate surface area is 150 Å². The van der Waals surface area contributed by atoms with Crippen LogP contribution in [0.3, 0.4) is 0 Å². The highest BCUT2D eigenvalue weighted by molar-refractivity contribution is 5.98. The summed E-state index contributed by atoms with van der Waals surface area (Å²) in [6.07, 6.45) is 0.610. The van der Waals surface area contributed by atoms with E-state index >= 15 is 0 Å². The number of carbonyl (C=O) groups is 2. The highest BCUT2D eigenvalue weighted by Gasteiger charge is 2.19. The average Bonchev–Trinajstić information content (AvgIpc) is 3.11. The Balaban J connectivity index is 1.60. The summed E-state index contributed by atoms with van der Waals surface area (Å²) < 4.78 is 10.6. The summed E-state index contributed by atoms with van der Waals surface area (Å²) in [5.41, 5.74) is 2.43. The van der Waals surface area contributed by atoms with E-state index in [1.807, 2.05) is 6.92 Å². The Kier molecular flexibility index (Phi) is 5.17. The molecule has 3 aromatic rings. The molecule has 134 valence electrons. The van der Waals surface area contributed by atoms with Crippen molar-refractivity contribution in [3.8, 4) is 5.75 Å². The zero-order valence-corrected chi connectivity index (χ0v) is 14.5. The van der Waals surface area contributed by atoms with Crippen LogP contribution in [0.25, 0.3) is 11.0 Å². The number of H-pyrrole nitrogens is 1. The minimum atomic E-state index is -0.938. The van der Waals surface area contributed by atoms with E-state index in [4.69, 9.17) is 9.47 Å². The molecule has 1 heterocycles. The summed E-state index contributed by atoms with van der Waals surface area (Å²) in [5.74, 6) is -0.264. The molecule has 26 heavy (non-hydrogen) atoms. The molecule has 0 aliphatic carbocycles. The predicted molar refractivity (Wildman–Crippen MR) is 97.2 cm³/mol. The topological polar surface area (TPSA) is 93.3 Å². The molecule has 2 aromatic carbocycles. The van der Waals surface area contributed by atoms with Crippen molar-refractivity contribution in [2.75, 3.05) is 11.9 Å². The highest BCUT2D eigenvalue weighted by Crippen LogP contribution is 2.17. The molecular formula is C19H19N3O4. The number of imidazole rings is 1. The summed E-state index contributed by atoms with van der Waals surface area (Å²) in [4.78, 5) is 31.5. The van der Waals surface area contributed by atoms with Crippen molar-refractivity contribution < 1.29 is 19.1 Å². The zero-order chi connectivity index (χ0) is 18.5. The lowest BCUT2D eigenvalue weighted by Crippen LogP contribution is -2.30. The second kappa shape index (κ2) is 7.69. The van der Waals surface area contributed by atoms with Gasteiger partial charge in [-0.3, -0.25) is 4.79 Å². The van der Waals surface area contributed by atoms with Crippen LogP contribution >= 0.6 is 0 Å². The van der Waals surface area contributed by atoms with E-state index in [9.17, 15) is 9.59 Å². The number of nitrogens with zero attached hydrogens (tertiary/aromatic N) is 1. The summed E-state index contributed by atoms with van der Waals surface area (Å²) in [7, 11) is 0. The summed E-state index contributed by atoms with van der Waals surface area (Å²) in [6, 6.07) is 11.9. The van der Waals surface area contributed by atoms with Crippen LogP contribution in [-0.4, -0.2) is 34.6 Å². The minimum absolute atomic E-state index is 0.350. The van der Waals surface area contributed by atoms with E-state index in [0.29, 0.717) is 17.9 Å². The average molecular weight is 353 g/mol. The number of nitrogens with one attached hydrogen (secondary N) is 2. The number of aromatic nitrogens is 2. The minimum Gasteiger partial charge on any atom is -0.494 e. The fourth-order valence-electron chi connectivity index (χ4n) is 2.39. The Morgan fingerprint density at radius 3 is 2.69 bits per heavy atom. The molecule has 1 atom stereocenters. The number of aromatic amines is 1. The number of benzene rings is 2. The number of ether oxygens (including phenoxy) is 2. The second-order valence-corrected chi connectivity index (χ2v) is 5.63. The van der Waals surface area contributed by atoms with Crippen LogP contribution in [0.2, 0.25) is 0 Å². The molecule has 0 aliphatic heterocycles. The largest absolute Gasteiger partial charge is 0.494 e. The van der Waals surface area contributed by atoms with Gasteiger partial charge in [-0.1, -0.05) is 0 Å². The van der Waals surface area contributed by atoms with Crippen LogP contribution in [0.4, 0.5) is 5.69 Å². The van der Waals surface area contributed by atoms with Gasteiger partial charge in [0.2, 0.25) is 0 Å². The summed E-state index contributed by atoms with van der Waals surface area (Å²) in [5, 5.41) is 2.71. The molecule has 0 spiro atoms. The van der Waals surface area contributed by atoms with Gasteiger partial charge in [0.25, 0.3) is 5.91 Å². The number of fused-ring (bicyclic) bond motifs is 1. The third-order valence-corrected chi connectivity index (χ3v) is 3.74. The maximum atomic E-state index is 12.2. The van der Waals surface area contributed by atoms with Gasteiger partial charge in [-0.2, -0.15) is 0 Å². The Bertz CT molecular complexity index is 918. The van der Waals surface area contributed by atoms with Gasteiger partial charge >= 0.3 is 5.97 Å². The Morgan fingerprint density at radius 2 is 1.96 bits per heavy atom. The first-order chi connectivity index (χ1) is 12.6. The van der Waals surface area contributed by atoms with Crippen molar-refractivity contribution >= 4 is 28.6 Å². The van der Waals surface area contributed by atoms with Crippen LogP contribution in [0.5, 0.6) is 5.75 Å². The van der Waals surface area contributed by atoms with Gasteiger partial charge in [0, 0.05) is 5.69 Å². The number of hydrogen-bond donors (Lipinski definition) is 2. The van der Waals surface area contributed by atoms with E-state index in [-0.39, 0.29) is 0 Å². The summed E-state index contributed by atoms with van der Waals surface area (Å²) in [6.45, 7) is 4.00. The number of amides is 1. The third kappa shape index (κ3) is 4.00. The molecular weight excluding hydrogens is 334 g/mol. The fraction of sp³-hybridized carbons (Fsp3) is 0.211. The van der Waals surface area contributed by atoms with Crippen molar-refractivity contribution in [3.63, 3.8) is 0 Å². The zero-order valence-electron chi connectivity index (χ0n) is 14.5. The van der Waals surface area contributed by atoms with Crippen molar-refractivity contribution in [1.29, 1.82) is 0 Å². The maximum Gasteiger partial charge on any atom is 0.338 e. The normalized spacial score (nSPS) is 11.8. The highest BCUT2D eigenvalue weighted by atomic mass is 16.5. The molecule has 7 heteroatoms. The van der Waals surface area contributed by atoms with E-state index in [2.05, 4.69) is 15.3 Å². The molecule has 2 N–H and O–H groups in total. The summed E-state index contributed by atoms with van der Waals surface area (Å²) >= 11 is 0. The number of anilines is 1. The Hall–Kier alpha value is -3.35. The fourth-order valence-corrected chi connectivity index (χ4v) is 2.39. The monoisotopic (exact) mass is 353 g/mol. The van der Waals surface area contributed by atoms with E-state index in [0.717, 1.165) is 16.8 Å². The van der Waals surface area contributed by atoms with Crippen LogP contribution in [0.1, 0.15) is 24.2 Å². The first kappa shape index (κ1) is 17.5. The molecule has 3 rings (SSSR count). The van der Waals surface area contributed by atoms with E-state index in [1.54, 1.807) is 48.8 Å².